The molecule has 1 aromatic heterocycles. The molecule has 0 unspecified atom stereocenters. The zero-order valence-electron chi connectivity index (χ0n) is 12.6. The number of unbranched alkanes of at least 4 members (excludes halogenated alkanes) is 2. The van der Waals surface area contributed by atoms with Crippen molar-refractivity contribution in [1.82, 2.24) is 10.3 Å². The number of hydrogen-bond donors (Lipinski definition) is 1. The fourth-order valence-electron chi connectivity index (χ4n) is 2.33. The summed E-state index contributed by atoms with van der Waals surface area (Å²) in [7, 11) is 2.20. The van der Waals surface area contributed by atoms with E-state index in [1.54, 1.807) is 0 Å². The van der Waals surface area contributed by atoms with Gasteiger partial charge in [-0.2, -0.15) is 0 Å². The van der Waals surface area contributed by atoms with Gasteiger partial charge < -0.3 is 10.2 Å². The molecule has 106 valence electrons. The summed E-state index contributed by atoms with van der Waals surface area (Å²) < 4.78 is 0. The monoisotopic (exact) mass is 261 g/mol. The Morgan fingerprint density at radius 3 is 2.84 bits per heavy atom. The predicted molar refractivity (Wildman–Crippen MR) is 81.6 cm³/mol. The lowest BCUT2D eigenvalue weighted by atomic mass is 10.1. The maximum Gasteiger partial charge on any atom is 0.0442 e. The van der Waals surface area contributed by atoms with Crippen LogP contribution in [0, 0.1) is 6.92 Å². The molecular weight excluding hydrogens is 234 g/mol. The fraction of sp³-hybridized carbons (Fsp3) is 0.688. The summed E-state index contributed by atoms with van der Waals surface area (Å²) in [6.45, 7) is 6.40. The van der Waals surface area contributed by atoms with Crippen LogP contribution in [0.4, 0.5) is 5.69 Å². The minimum atomic E-state index is 0.750. The fourth-order valence-corrected chi connectivity index (χ4v) is 2.33. The molecule has 0 atom stereocenters. The van der Waals surface area contributed by atoms with Gasteiger partial charge in [0.1, 0.15) is 0 Å². The van der Waals surface area contributed by atoms with E-state index in [4.69, 9.17) is 0 Å². The van der Waals surface area contributed by atoms with Crippen molar-refractivity contribution in [3.05, 3.63) is 23.5 Å². The third kappa shape index (κ3) is 4.50. The molecular formula is C16H27N3. The lowest BCUT2D eigenvalue weighted by Gasteiger charge is -2.23. The van der Waals surface area contributed by atoms with Crippen LogP contribution < -0.4 is 10.2 Å². The van der Waals surface area contributed by atoms with Gasteiger partial charge in [0.15, 0.2) is 0 Å². The van der Waals surface area contributed by atoms with Crippen molar-refractivity contribution in [2.75, 3.05) is 18.5 Å². The average molecular weight is 261 g/mol. The SMILES string of the molecule is CCCCCN(C)c1cc(C)ncc1CNC1CC1. The molecule has 0 spiro atoms. The van der Waals surface area contributed by atoms with Crippen LogP contribution in [0.3, 0.4) is 0 Å². The van der Waals surface area contributed by atoms with E-state index in [0.29, 0.717) is 0 Å². The minimum absolute atomic E-state index is 0.750. The van der Waals surface area contributed by atoms with Crippen molar-refractivity contribution in [2.24, 2.45) is 0 Å². The van der Waals surface area contributed by atoms with Crippen LogP contribution >= 0.6 is 0 Å². The predicted octanol–water partition coefficient (Wildman–Crippen LogP) is 3.27. The maximum absolute atomic E-state index is 4.45. The Balaban J connectivity index is 1.99. The first-order valence-corrected chi connectivity index (χ1v) is 7.60. The molecule has 0 saturated heterocycles. The molecule has 1 aromatic rings. The number of nitrogens with one attached hydrogen (secondary N) is 1. The van der Waals surface area contributed by atoms with Gasteiger partial charge in [0, 0.05) is 49.3 Å². The van der Waals surface area contributed by atoms with Crippen molar-refractivity contribution >= 4 is 5.69 Å². The molecule has 2 rings (SSSR count). The summed E-state index contributed by atoms with van der Waals surface area (Å²) in [5.74, 6) is 0. The van der Waals surface area contributed by atoms with Crippen molar-refractivity contribution in [3.8, 4) is 0 Å². The standard InChI is InChI=1S/C16H27N3/c1-4-5-6-9-19(3)16-10-13(2)17-11-14(16)12-18-15-7-8-15/h10-11,15,18H,4-9,12H2,1-3H3. The van der Waals surface area contributed by atoms with Gasteiger partial charge >= 0.3 is 0 Å². The molecule has 0 amide bonds. The van der Waals surface area contributed by atoms with Gasteiger partial charge in [0.25, 0.3) is 0 Å². The molecule has 1 N–H and O–H groups in total. The van der Waals surface area contributed by atoms with Crippen LogP contribution in [0.5, 0.6) is 0 Å². The molecule has 1 aliphatic carbocycles. The van der Waals surface area contributed by atoms with Gasteiger partial charge in [-0.25, -0.2) is 0 Å². The summed E-state index contributed by atoms with van der Waals surface area (Å²) in [4.78, 5) is 6.83. The normalized spacial score (nSPS) is 14.7. The second-order valence-electron chi connectivity index (χ2n) is 5.74. The molecule has 0 bridgehead atoms. The Bertz CT molecular complexity index is 399. The zero-order valence-corrected chi connectivity index (χ0v) is 12.6. The average Bonchev–Trinajstić information content (AvgIpc) is 3.21. The van der Waals surface area contributed by atoms with E-state index in [1.807, 2.05) is 6.20 Å². The highest BCUT2D eigenvalue weighted by Gasteiger charge is 2.20. The molecule has 1 heterocycles. The zero-order chi connectivity index (χ0) is 13.7. The number of aryl methyl sites for hydroxylation is 1. The van der Waals surface area contributed by atoms with Crippen molar-refractivity contribution in [2.45, 2.75) is 58.5 Å². The van der Waals surface area contributed by atoms with E-state index in [0.717, 1.165) is 24.8 Å². The molecule has 0 radical (unpaired) electrons. The highest BCUT2D eigenvalue weighted by molar-refractivity contribution is 5.53. The van der Waals surface area contributed by atoms with E-state index in [1.165, 1.54) is 43.4 Å². The first-order chi connectivity index (χ1) is 9.20. The van der Waals surface area contributed by atoms with Crippen molar-refractivity contribution in [1.29, 1.82) is 0 Å². The highest BCUT2D eigenvalue weighted by atomic mass is 15.1. The summed E-state index contributed by atoms with van der Waals surface area (Å²) in [5, 5.41) is 3.59. The second-order valence-corrected chi connectivity index (χ2v) is 5.74. The molecule has 19 heavy (non-hydrogen) atoms. The van der Waals surface area contributed by atoms with Gasteiger partial charge in [0.05, 0.1) is 0 Å². The number of aromatic nitrogens is 1. The molecule has 1 fully saturated rings. The molecule has 1 aliphatic rings. The van der Waals surface area contributed by atoms with Gasteiger partial charge in [-0.15, -0.1) is 0 Å². The lowest BCUT2D eigenvalue weighted by Crippen LogP contribution is -2.23. The molecule has 0 aliphatic heterocycles. The van der Waals surface area contributed by atoms with Crippen LogP contribution in [0.2, 0.25) is 0 Å². The van der Waals surface area contributed by atoms with Crippen LogP contribution in [0.15, 0.2) is 12.3 Å². The number of hydrogen-bond acceptors (Lipinski definition) is 3. The Labute approximate surface area is 117 Å². The quantitative estimate of drug-likeness (QED) is 0.728. The van der Waals surface area contributed by atoms with Crippen molar-refractivity contribution in [3.63, 3.8) is 0 Å². The van der Waals surface area contributed by atoms with E-state index < -0.39 is 0 Å². The van der Waals surface area contributed by atoms with Crippen LogP contribution in [-0.2, 0) is 6.54 Å². The second kappa shape index (κ2) is 6.90. The number of rotatable bonds is 8. The third-order valence-electron chi connectivity index (χ3n) is 3.77. The van der Waals surface area contributed by atoms with Gasteiger partial charge in [-0.1, -0.05) is 19.8 Å². The number of nitrogens with zero attached hydrogens (tertiary/aromatic N) is 2. The van der Waals surface area contributed by atoms with E-state index in [2.05, 4.69) is 42.2 Å². The minimum Gasteiger partial charge on any atom is -0.374 e. The summed E-state index contributed by atoms with van der Waals surface area (Å²) in [6, 6.07) is 2.97. The Morgan fingerprint density at radius 1 is 1.37 bits per heavy atom. The van der Waals surface area contributed by atoms with Crippen molar-refractivity contribution < 1.29 is 0 Å². The van der Waals surface area contributed by atoms with E-state index in [-0.39, 0.29) is 0 Å². The Kier molecular flexibility index (Phi) is 5.20. The first-order valence-electron chi connectivity index (χ1n) is 7.60. The molecule has 3 nitrogen and oxygen atoms in total. The number of anilines is 1. The Morgan fingerprint density at radius 2 is 2.16 bits per heavy atom. The van der Waals surface area contributed by atoms with E-state index >= 15 is 0 Å². The van der Waals surface area contributed by atoms with Crippen LogP contribution in [-0.4, -0.2) is 24.6 Å². The van der Waals surface area contributed by atoms with E-state index in [9.17, 15) is 0 Å². The van der Waals surface area contributed by atoms with Crippen LogP contribution in [0.1, 0.15) is 50.3 Å². The number of pyridine rings is 1. The highest BCUT2D eigenvalue weighted by Crippen LogP contribution is 2.23. The summed E-state index contributed by atoms with van der Waals surface area (Å²) in [5.41, 5.74) is 3.78. The lowest BCUT2D eigenvalue weighted by molar-refractivity contribution is 0.675. The third-order valence-corrected chi connectivity index (χ3v) is 3.77. The molecule has 3 heteroatoms. The largest absolute Gasteiger partial charge is 0.374 e. The van der Waals surface area contributed by atoms with Gasteiger partial charge in [0.2, 0.25) is 0 Å². The van der Waals surface area contributed by atoms with Crippen LogP contribution in [0.25, 0.3) is 0 Å². The molecule has 1 saturated carbocycles. The summed E-state index contributed by atoms with van der Waals surface area (Å²) >= 11 is 0. The van der Waals surface area contributed by atoms with Gasteiger partial charge in [-0.05, 0) is 32.3 Å². The maximum atomic E-state index is 4.45. The Hall–Kier alpha value is -1.09. The van der Waals surface area contributed by atoms with Gasteiger partial charge in [-0.3, -0.25) is 4.98 Å². The summed E-state index contributed by atoms with van der Waals surface area (Å²) in [6.07, 6.45) is 8.56. The smallest absolute Gasteiger partial charge is 0.0442 e. The topological polar surface area (TPSA) is 28.2 Å². The first kappa shape index (κ1) is 14.3. The molecule has 0 aromatic carbocycles.